The van der Waals surface area contributed by atoms with Crippen molar-refractivity contribution in [1.82, 2.24) is 15.1 Å². The Labute approximate surface area is 138 Å². The van der Waals surface area contributed by atoms with Crippen molar-refractivity contribution >= 4 is 0 Å². The maximum absolute atomic E-state index is 12.0. The molecule has 0 bridgehead atoms. The number of rotatable bonds is 4. The Balaban J connectivity index is 1.50. The summed E-state index contributed by atoms with van der Waals surface area (Å²) in [5.41, 5.74) is 0.400. The molecular weight excluding hydrogens is 290 g/mol. The topological polar surface area (TPSA) is 67.2 Å². The van der Waals surface area contributed by atoms with Crippen LogP contribution < -0.4 is 10.9 Å². The van der Waals surface area contributed by atoms with Crippen molar-refractivity contribution in [3.8, 4) is 0 Å². The minimum Gasteiger partial charge on any atom is -0.389 e. The average Bonchev–Trinajstić information content (AvgIpc) is 2.57. The van der Waals surface area contributed by atoms with E-state index >= 15 is 0 Å². The van der Waals surface area contributed by atoms with Crippen LogP contribution in [-0.4, -0.2) is 33.1 Å². The number of nitrogens with zero attached hydrogens (tertiary/aromatic N) is 2. The molecule has 2 fully saturated rings. The van der Waals surface area contributed by atoms with E-state index < -0.39 is 5.60 Å². The first kappa shape index (κ1) is 16.7. The molecule has 5 nitrogen and oxygen atoms in total. The lowest BCUT2D eigenvalue weighted by molar-refractivity contribution is 0.00127. The number of nitrogens with one attached hydrogen (secondary N) is 1. The van der Waals surface area contributed by atoms with Gasteiger partial charge in [0.1, 0.15) is 0 Å². The predicted molar refractivity (Wildman–Crippen MR) is 90.6 cm³/mol. The van der Waals surface area contributed by atoms with Gasteiger partial charge in [-0.15, -0.1) is 0 Å². The van der Waals surface area contributed by atoms with Gasteiger partial charge < -0.3 is 10.4 Å². The van der Waals surface area contributed by atoms with Crippen LogP contribution in [0.15, 0.2) is 16.9 Å². The Morgan fingerprint density at radius 2 is 1.91 bits per heavy atom. The van der Waals surface area contributed by atoms with Gasteiger partial charge in [0.2, 0.25) is 0 Å². The molecule has 1 aromatic rings. The van der Waals surface area contributed by atoms with E-state index in [0.29, 0.717) is 12.6 Å². The maximum Gasteiger partial charge on any atom is 0.267 e. The van der Waals surface area contributed by atoms with Crippen molar-refractivity contribution in [1.29, 1.82) is 0 Å². The van der Waals surface area contributed by atoms with Gasteiger partial charge in [-0.05, 0) is 51.5 Å². The van der Waals surface area contributed by atoms with Crippen LogP contribution in [0.1, 0.15) is 69.5 Å². The largest absolute Gasteiger partial charge is 0.389 e. The summed E-state index contributed by atoms with van der Waals surface area (Å²) in [6.07, 6.45) is 9.45. The second kappa shape index (κ2) is 7.14. The van der Waals surface area contributed by atoms with Crippen LogP contribution in [0.5, 0.6) is 0 Å². The van der Waals surface area contributed by atoms with E-state index in [1.54, 1.807) is 16.8 Å². The highest BCUT2D eigenvalue weighted by molar-refractivity contribution is 4.98. The van der Waals surface area contributed by atoms with Crippen LogP contribution in [0.25, 0.3) is 0 Å². The van der Waals surface area contributed by atoms with Gasteiger partial charge in [-0.25, -0.2) is 4.68 Å². The minimum atomic E-state index is -0.496. The highest BCUT2D eigenvalue weighted by Gasteiger charge is 2.31. The maximum atomic E-state index is 12.0. The summed E-state index contributed by atoms with van der Waals surface area (Å²) in [6, 6.07) is 4.07. The smallest absolute Gasteiger partial charge is 0.267 e. The molecule has 5 heteroatoms. The molecule has 2 aliphatic carbocycles. The average molecular weight is 319 g/mol. The van der Waals surface area contributed by atoms with Crippen LogP contribution >= 0.6 is 0 Å². The van der Waals surface area contributed by atoms with Crippen LogP contribution in [0.3, 0.4) is 0 Å². The third-order valence-corrected chi connectivity index (χ3v) is 5.51. The SMILES string of the molecule is Cc1ccc(=O)n(C2CCC(NCC3(O)CCCCC3)CC2)n1. The summed E-state index contributed by atoms with van der Waals surface area (Å²) in [6.45, 7) is 2.64. The van der Waals surface area contributed by atoms with E-state index in [0.717, 1.165) is 57.1 Å². The molecule has 0 atom stereocenters. The van der Waals surface area contributed by atoms with Crippen LogP contribution in [0.2, 0.25) is 0 Å². The third-order valence-electron chi connectivity index (χ3n) is 5.51. The summed E-state index contributed by atoms with van der Waals surface area (Å²) < 4.78 is 1.67. The Morgan fingerprint density at radius 1 is 1.22 bits per heavy atom. The fraction of sp³-hybridized carbons (Fsp3) is 0.778. The first-order valence-electron chi connectivity index (χ1n) is 9.08. The van der Waals surface area contributed by atoms with Gasteiger partial charge in [0, 0.05) is 18.7 Å². The van der Waals surface area contributed by atoms with Gasteiger partial charge in [-0.2, -0.15) is 5.10 Å². The molecule has 23 heavy (non-hydrogen) atoms. The molecule has 128 valence electrons. The highest BCUT2D eigenvalue weighted by Crippen LogP contribution is 2.30. The summed E-state index contributed by atoms with van der Waals surface area (Å²) in [5, 5.41) is 18.5. The standard InChI is InChI=1S/C18H29N3O2/c1-14-5-10-17(22)21(20-14)16-8-6-15(7-9-16)19-13-18(23)11-3-2-4-12-18/h5,10,15-16,19,23H,2-4,6-9,11-13H2,1H3. The summed E-state index contributed by atoms with van der Waals surface area (Å²) in [7, 11) is 0. The molecule has 0 spiro atoms. The fourth-order valence-electron chi connectivity index (χ4n) is 4.03. The second-order valence-corrected chi connectivity index (χ2v) is 7.43. The van der Waals surface area contributed by atoms with Crippen LogP contribution in [0.4, 0.5) is 0 Å². The third kappa shape index (κ3) is 4.21. The van der Waals surface area contributed by atoms with Crippen LogP contribution in [0, 0.1) is 6.92 Å². The number of aryl methyl sites for hydroxylation is 1. The van der Waals surface area contributed by atoms with E-state index in [-0.39, 0.29) is 11.6 Å². The van der Waals surface area contributed by atoms with Gasteiger partial charge in [-0.3, -0.25) is 4.79 Å². The zero-order valence-corrected chi connectivity index (χ0v) is 14.1. The lowest BCUT2D eigenvalue weighted by Crippen LogP contribution is -2.47. The summed E-state index contributed by atoms with van der Waals surface area (Å²) in [5.74, 6) is 0. The molecule has 3 rings (SSSR count). The number of hydrogen-bond donors (Lipinski definition) is 2. The Kier molecular flexibility index (Phi) is 5.17. The zero-order chi connectivity index (χ0) is 16.3. The molecule has 2 N–H and O–H groups in total. The monoisotopic (exact) mass is 319 g/mol. The number of aliphatic hydroxyl groups is 1. The van der Waals surface area contributed by atoms with Gasteiger partial charge in [0.15, 0.2) is 0 Å². The van der Waals surface area contributed by atoms with E-state index in [9.17, 15) is 9.90 Å². The van der Waals surface area contributed by atoms with Gasteiger partial charge in [-0.1, -0.05) is 19.3 Å². The van der Waals surface area contributed by atoms with Crippen molar-refractivity contribution in [3.63, 3.8) is 0 Å². The molecule has 2 saturated carbocycles. The molecule has 0 saturated heterocycles. The minimum absolute atomic E-state index is 0.00326. The van der Waals surface area contributed by atoms with Crippen molar-refractivity contribution in [2.75, 3.05) is 6.54 Å². The van der Waals surface area contributed by atoms with Crippen molar-refractivity contribution in [3.05, 3.63) is 28.2 Å². The predicted octanol–water partition coefficient (Wildman–Crippen LogP) is 2.32. The summed E-state index contributed by atoms with van der Waals surface area (Å²) in [4.78, 5) is 12.0. The van der Waals surface area contributed by atoms with Gasteiger partial charge in [0.25, 0.3) is 5.56 Å². The normalized spacial score (nSPS) is 27.7. The van der Waals surface area contributed by atoms with E-state index in [2.05, 4.69) is 10.4 Å². The van der Waals surface area contributed by atoms with E-state index in [1.165, 1.54) is 6.42 Å². The molecule has 2 aliphatic rings. The molecular formula is C18H29N3O2. The van der Waals surface area contributed by atoms with Crippen molar-refractivity contribution in [2.24, 2.45) is 0 Å². The first-order chi connectivity index (χ1) is 11.1. The fourth-order valence-corrected chi connectivity index (χ4v) is 4.03. The molecule has 0 unspecified atom stereocenters. The first-order valence-corrected chi connectivity index (χ1v) is 9.08. The zero-order valence-electron chi connectivity index (χ0n) is 14.1. The highest BCUT2D eigenvalue weighted by atomic mass is 16.3. The van der Waals surface area contributed by atoms with Crippen molar-refractivity contribution in [2.45, 2.75) is 82.4 Å². The molecule has 0 aromatic carbocycles. The molecule has 0 aliphatic heterocycles. The number of hydrogen-bond acceptors (Lipinski definition) is 4. The lowest BCUT2D eigenvalue weighted by atomic mass is 9.84. The van der Waals surface area contributed by atoms with Gasteiger partial charge in [0.05, 0.1) is 17.3 Å². The van der Waals surface area contributed by atoms with Gasteiger partial charge >= 0.3 is 0 Å². The van der Waals surface area contributed by atoms with E-state index in [1.807, 2.05) is 6.92 Å². The molecule has 0 amide bonds. The molecule has 1 heterocycles. The number of aromatic nitrogens is 2. The lowest BCUT2D eigenvalue weighted by Gasteiger charge is -2.36. The van der Waals surface area contributed by atoms with Crippen LogP contribution in [-0.2, 0) is 0 Å². The summed E-state index contributed by atoms with van der Waals surface area (Å²) >= 11 is 0. The molecule has 1 aromatic heterocycles. The quantitative estimate of drug-likeness (QED) is 0.894. The Hall–Kier alpha value is -1.20. The second-order valence-electron chi connectivity index (χ2n) is 7.43. The Morgan fingerprint density at radius 3 is 2.61 bits per heavy atom. The van der Waals surface area contributed by atoms with Crippen molar-refractivity contribution < 1.29 is 5.11 Å². The van der Waals surface area contributed by atoms with E-state index in [4.69, 9.17) is 0 Å². The Bertz CT molecular complexity index is 570. The molecule has 0 radical (unpaired) electrons.